The molecule has 0 radical (unpaired) electrons. The van der Waals surface area contributed by atoms with Crippen LogP contribution in [0.5, 0.6) is 0 Å². The van der Waals surface area contributed by atoms with Crippen LogP contribution >= 0.6 is 0 Å². The molecule has 26 heavy (non-hydrogen) atoms. The predicted molar refractivity (Wildman–Crippen MR) is 106 cm³/mol. The van der Waals surface area contributed by atoms with Crippen LogP contribution in [-0.2, 0) is 0 Å². The number of carbonyl (C=O) groups excluding carboxylic acids is 1. The van der Waals surface area contributed by atoms with Crippen LogP contribution in [0.1, 0.15) is 43.2 Å². The van der Waals surface area contributed by atoms with Crippen molar-refractivity contribution in [1.82, 2.24) is 16.0 Å². The van der Waals surface area contributed by atoms with Gasteiger partial charge in [0.2, 0.25) is 0 Å². The molecule has 2 atom stereocenters. The van der Waals surface area contributed by atoms with E-state index >= 15 is 0 Å². The molecule has 2 aromatic carbocycles. The first-order valence-corrected chi connectivity index (χ1v) is 9.65. The van der Waals surface area contributed by atoms with Gasteiger partial charge in [0.25, 0.3) is 0 Å². The average molecular weight is 351 g/mol. The van der Waals surface area contributed by atoms with Crippen LogP contribution in [0, 0.1) is 0 Å². The van der Waals surface area contributed by atoms with Gasteiger partial charge in [-0.2, -0.15) is 0 Å². The normalized spacial score (nSPS) is 19.5. The number of hydrogen-bond donors (Lipinski definition) is 3. The van der Waals surface area contributed by atoms with Gasteiger partial charge in [-0.1, -0.05) is 74.0 Å². The van der Waals surface area contributed by atoms with E-state index in [4.69, 9.17) is 0 Å². The highest BCUT2D eigenvalue weighted by atomic mass is 16.2. The van der Waals surface area contributed by atoms with Crippen LogP contribution in [-0.4, -0.2) is 31.2 Å². The summed E-state index contributed by atoms with van der Waals surface area (Å²) < 4.78 is 0. The Kier molecular flexibility index (Phi) is 6.67. The van der Waals surface area contributed by atoms with E-state index in [-0.39, 0.29) is 18.0 Å². The SMILES string of the molecule is CCCCNC(=O)N[C@@H]1CN[C@H](C(c2ccccc2)c2ccccc2)C1. The van der Waals surface area contributed by atoms with E-state index in [9.17, 15) is 4.79 Å². The van der Waals surface area contributed by atoms with Gasteiger partial charge in [-0.3, -0.25) is 0 Å². The molecule has 0 saturated carbocycles. The summed E-state index contributed by atoms with van der Waals surface area (Å²) in [5.74, 6) is 0.285. The van der Waals surface area contributed by atoms with Gasteiger partial charge in [0.1, 0.15) is 0 Å². The van der Waals surface area contributed by atoms with Crippen LogP contribution in [0.2, 0.25) is 0 Å². The molecule has 4 heteroatoms. The number of unbranched alkanes of at least 4 members (excludes halogenated alkanes) is 1. The maximum atomic E-state index is 12.0. The quantitative estimate of drug-likeness (QED) is 0.667. The second-order valence-corrected chi connectivity index (χ2v) is 7.00. The zero-order chi connectivity index (χ0) is 18.2. The van der Waals surface area contributed by atoms with Crippen molar-refractivity contribution in [3.8, 4) is 0 Å². The molecule has 0 spiro atoms. The summed E-state index contributed by atoms with van der Waals surface area (Å²) in [6, 6.07) is 21.7. The summed E-state index contributed by atoms with van der Waals surface area (Å²) in [5, 5.41) is 9.69. The van der Waals surface area contributed by atoms with E-state index < -0.39 is 0 Å². The van der Waals surface area contributed by atoms with Crippen molar-refractivity contribution in [2.75, 3.05) is 13.1 Å². The molecule has 1 aliphatic rings. The molecule has 1 heterocycles. The van der Waals surface area contributed by atoms with Gasteiger partial charge >= 0.3 is 6.03 Å². The summed E-state index contributed by atoms with van der Waals surface area (Å²) in [7, 11) is 0. The fourth-order valence-electron chi connectivity index (χ4n) is 3.72. The number of rotatable bonds is 7. The molecule has 0 unspecified atom stereocenters. The molecule has 0 aromatic heterocycles. The molecular weight excluding hydrogens is 322 g/mol. The molecule has 1 aliphatic heterocycles. The minimum Gasteiger partial charge on any atom is -0.338 e. The number of carbonyl (C=O) groups is 1. The fraction of sp³-hybridized carbons (Fsp3) is 0.409. The maximum Gasteiger partial charge on any atom is 0.315 e. The summed E-state index contributed by atoms with van der Waals surface area (Å²) in [4.78, 5) is 12.0. The lowest BCUT2D eigenvalue weighted by atomic mass is 9.84. The molecule has 1 saturated heterocycles. The lowest BCUT2D eigenvalue weighted by Crippen LogP contribution is -2.43. The van der Waals surface area contributed by atoms with Crippen LogP contribution in [0.15, 0.2) is 60.7 Å². The van der Waals surface area contributed by atoms with Crippen molar-refractivity contribution in [3.63, 3.8) is 0 Å². The van der Waals surface area contributed by atoms with Crippen molar-refractivity contribution in [2.45, 2.75) is 44.2 Å². The van der Waals surface area contributed by atoms with Crippen molar-refractivity contribution in [1.29, 1.82) is 0 Å². The highest BCUT2D eigenvalue weighted by Gasteiger charge is 2.32. The highest BCUT2D eigenvalue weighted by molar-refractivity contribution is 5.74. The Morgan fingerprint density at radius 1 is 1.08 bits per heavy atom. The number of nitrogens with one attached hydrogen (secondary N) is 3. The Morgan fingerprint density at radius 3 is 2.27 bits per heavy atom. The van der Waals surface area contributed by atoms with Gasteiger partial charge in [-0.05, 0) is 24.0 Å². The van der Waals surface area contributed by atoms with E-state index in [1.165, 1.54) is 11.1 Å². The Hall–Kier alpha value is -2.33. The second kappa shape index (κ2) is 9.39. The first kappa shape index (κ1) is 18.5. The van der Waals surface area contributed by atoms with Crippen LogP contribution in [0.3, 0.4) is 0 Å². The first-order valence-electron chi connectivity index (χ1n) is 9.65. The zero-order valence-corrected chi connectivity index (χ0v) is 15.4. The third-order valence-corrected chi connectivity index (χ3v) is 5.04. The molecule has 0 aliphatic carbocycles. The first-order chi connectivity index (χ1) is 12.8. The van der Waals surface area contributed by atoms with Crippen LogP contribution < -0.4 is 16.0 Å². The number of amides is 2. The standard InChI is InChI=1S/C22H29N3O/c1-2-3-14-23-22(26)25-19-15-20(24-16-19)21(17-10-6-4-7-11-17)18-12-8-5-9-13-18/h4-13,19-21,24H,2-3,14-16H2,1H3,(H2,23,25,26)/t19-,20-/m0/s1. The number of urea groups is 1. The van der Waals surface area contributed by atoms with Crippen molar-refractivity contribution in [2.24, 2.45) is 0 Å². The number of benzene rings is 2. The summed E-state index contributed by atoms with van der Waals surface area (Å²) in [6.45, 7) is 3.67. The van der Waals surface area contributed by atoms with E-state index in [2.05, 4.69) is 83.5 Å². The monoisotopic (exact) mass is 351 g/mol. The van der Waals surface area contributed by atoms with Crippen LogP contribution in [0.4, 0.5) is 4.79 Å². The number of hydrogen-bond acceptors (Lipinski definition) is 2. The Morgan fingerprint density at radius 2 is 1.69 bits per heavy atom. The Balaban J connectivity index is 1.66. The molecule has 2 aromatic rings. The van der Waals surface area contributed by atoms with E-state index in [0.717, 1.165) is 32.4 Å². The van der Waals surface area contributed by atoms with E-state index in [0.29, 0.717) is 6.04 Å². The predicted octanol–water partition coefficient (Wildman–Crippen LogP) is 3.65. The van der Waals surface area contributed by atoms with Crippen molar-refractivity contribution in [3.05, 3.63) is 71.8 Å². The zero-order valence-electron chi connectivity index (χ0n) is 15.4. The molecule has 3 N–H and O–H groups in total. The average Bonchev–Trinajstić information content (AvgIpc) is 3.12. The van der Waals surface area contributed by atoms with Gasteiger partial charge in [0.05, 0.1) is 0 Å². The molecule has 3 rings (SSSR count). The highest BCUT2D eigenvalue weighted by Crippen LogP contribution is 2.32. The van der Waals surface area contributed by atoms with Gasteiger partial charge in [0.15, 0.2) is 0 Å². The minimum atomic E-state index is -0.0538. The third kappa shape index (κ3) is 4.85. The Bertz CT molecular complexity index is 635. The van der Waals surface area contributed by atoms with Gasteiger partial charge in [0, 0.05) is 31.1 Å². The fourth-order valence-corrected chi connectivity index (χ4v) is 3.72. The van der Waals surface area contributed by atoms with Gasteiger partial charge in [-0.15, -0.1) is 0 Å². The lowest BCUT2D eigenvalue weighted by Gasteiger charge is -2.25. The summed E-state index contributed by atoms with van der Waals surface area (Å²) >= 11 is 0. The van der Waals surface area contributed by atoms with Gasteiger partial charge in [-0.25, -0.2) is 4.79 Å². The van der Waals surface area contributed by atoms with Gasteiger partial charge < -0.3 is 16.0 Å². The van der Waals surface area contributed by atoms with Crippen molar-refractivity contribution < 1.29 is 4.79 Å². The summed E-state index contributed by atoms with van der Waals surface area (Å²) in [6.07, 6.45) is 3.03. The maximum absolute atomic E-state index is 12.0. The molecular formula is C22H29N3O. The molecule has 138 valence electrons. The lowest BCUT2D eigenvalue weighted by molar-refractivity contribution is 0.237. The minimum absolute atomic E-state index is 0.0538. The van der Waals surface area contributed by atoms with E-state index in [1.807, 2.05) is 0 Å². The topological polar surface area (TPSA) is 53.2 Å². The third-order valence-electron chi connectivity index (χ3n) is 5.04. The largest absolute Gasteiger partial charge is 0.338 e. The Labute approximate surface area is 156 Å². The van der Waals surface area contributed by atoms with E-state index in [1.54, 1.807) is 0 Å². The summed E-state index contributed by atoms with van der Waals surface area (Å²) in [5.41, 5.74) is 2.62. The molecule has 0 bridgehead atoms. The second-order valence-electron chi connectivity index (χ2n) is 7.00. The molecule has 4 nitrogen and oxygen atoms in total. The molecule has 2 amide bonds. The smallest absolute Gasteiger partial charge is 0.315 e. The van der Waals surface area contributed by atoms with Crippen LogP contribution in [0.25, 0.3) is 0 Å². The van der Waals surface area contributed by atoms with Crippen molar-refractivity contribution >= 4 is 6.03 Å². The molecule has 1 fully saturated rings.